The van der Waals surface area contributed by atoms with Crippen molar-refractivity contribution in [2.75, 3.05) is 27.9 Å². The van der Waals surface area contributed by atoms with Crippen LogP contribution in [0.2, 0.25) is 0 Å². The normalized spacial score (nSPS) is 24.6. The van der Waals surface area contributed by atoms with Gasteiger partial charge in [-0.15, -0.1) is 0 Å². The molecule has 6 nitrogen and oxygen atoms in total. The van der Waals surface area contributed by atoms with Crippen LogP contribution in [-0.2, 0) is 19.7 Å². The Bertz CT molecular complexity index is 1320. The number of methoxy groups -OCH3 is 3. The summed E-state index contributed by atoms with van der Waals surface area (Å²) in [5.74, 6) is -0.966. The first-order valence-corrected chi connectivity index (χ1v) is 13.1. The van der Waals surface area contributed by atoms with E-state index >= 15 is 0 Å². The molecular formula is C31H36O6. The van der Waals surface area contributed by atoms with Gasteiger partial charge in [-0.3, -0.25) is 9.59 Å². The summed E-state index contributed by atoms with van der Waals surface area (Å²) in [5, 5.41) is 0. The number of fused-ring (bicyclic) bond motifs is 2. The molecule has 1 aromatic carbocycles. The number of rotatable bonds is 7. The second-order valence-electron chi connectivity index (χ2n) is 10.9. The summed E-state index contributed by atoms with van der Waals surface area (Å²) in [4.78, 5) is 27.6. The highest BCUT2D eigenvalue weighted by Gasteiger charge is 2.58. The minimum Gasteiger partial charge on any atom is -0.496 e. The third-order valence-corrected chi connectivity index (χ3v) is 8.79. The van der Waals surface area contributed by atoms with E-state index in [4.69, 9.17) is 18.9 Å². The lowest BCUT2D eigenvalue weighted by Gasteiger charge is -2.48. The first kappa shape index (κ1) is 25.7. The minimum atomic E-state index is -1.37. The first-order valence-electron chi connectivity index (χ1n) is 13.1. The minimum absolute atomic E-state index is 0.0775. The van der Waals surface area contributed by atoms with Crippen molar-refractivity contribution in [3.63, 3.8) is 0 Å². The van der Waals surface area contributed by atoms with Crippen molar-refractivity contribution in [1.29, 1.82) is 0 Å². The molecule has 0 N–H and O–H groups in total. The molecule has 6 heteroatoms. The largest absolute Gasteiger partial charge is 0.496 e. The summed E-state index contributed by atoms with van der Waals surface area (Å²) < 4.78 is 24.0. The van der Waals surface area contributed by atoms with Crippen molar-refractivity contribution in [1.82, 2.24) is 0 Å². The van der Waals surface area contributed by atoms with E-state index in [9.17, 15) is 9.59 Å². The van der Waals surface area contributed by atoms with E-state index in [0.29, 0.717) is 29.2 Å². The molecule has 1 aromatic rings. The number of hydrogen-bond acceptors (Lipinski definition) is 6. The monoisotopic (exact) mass is 504 g/mol. The van der Waals surface area contributed by atoms with E-state index in [1.165, 1.54) is 25.9 Å². The van der Waals surface area contributed by atoms with Gasteiger partial charge in [0.1, 0.15) is 11.5 Å². The van der Waals surface area contributed by atoms with Crippen molar-refractivity contribution in [3.05, 3.63) is 63.8 Å². The summed E-state index contributed by atoms with van der Waals surface area (Å²) in [6.45, 7) is 9.23. The number of carbonyl (C=O) groups excluding carboxylic acids is 2. The van der Waals surface area contributed by atoms with E-state index in [1.54, 1.807) is 13.2 Å². The van der Waals surface area contributed by atoms with E-state index in [0.717, 1.165) is 42.4 Å². The van der Waals surface area contributed by atoms with Crippen LogP contribution in [-0.4, -0.2) is 45.3 Å². The topological polar surface area (TPSA) is 71.1 Å². The van der Waals surface area contributed by atoms with Crippen LogP contribution >= 0.6 is 0 Å². The molecule has 0 heterocycles. The van der Waals surface area contributed by atoms with Crippen LogP contribution in [0.4, 0.5) is 0 Å². The molecule has 0 amide bonds. The molecular weight excluding hydrogens is 468 g/mol. The molecule has 196 valence electrons. The number of benzene rings is 1. The molecule has 0 saturated carbocycles. The molecule has 0 aromatic heterocycles. The Labute approximate surface area is 219 Å². The number of hydrogen-bond donors (Lipinski definition) is 0. The molecule has 4 aliphatic rings. The second-order valence-corrected chi connectivity index (χ2v) is 10.9. The maximum Gasteiger partial charge on any atom is 0.216 e. The van der Waals surface area contributed by atoms with Crippen molar-refractivity contribution in [2.24, 2.45) is 5.41 Å². The number of allylic oxidation sites excluding steroid dienone is 5. The fourth-order valence-electron chi connectivity index (χ4n) is 6.81. The van der Waals surface area contributed by atoms with Crippen LogP contribution < -0.4 is 9.47 Å². The van der Waals surface area contributed by atoms with Gasteiger partial charge in [-0.05, 0) is 49.3 Å². The van der Waals surface area contributed by atoms with Crippen molar-refractivity contribution in [2.45, 2.75) is 64.6 Å². The molecule has 1 atom stereocenters. The third-order valence-electron chi connectivity index (χ3n) is 8.79. The SMILES string of the molecule is CCCCOc1cc(OC)c2c3c1C(=O)C1=C(C3=C[C@@]23C(C)=CCCC3(C)C)C(OC)(OC)C=CC1=O. The summed E-state index contributed by atoms with van der Waals surface area (Å²) in [5.41, 5.74) is 3.91. The van der Waals surface area contributed by atoms with Gasteiger partial charge in [-0.2, -0.15) is 0 Å². The van der Waals surface area contributed by atoms with Gasteiger partial charge < -0.3 is 18.9 Å². The highest BCUT2D eigenvalue weighted by molar-refractivity contribution is 6.36. The molecule has 0 aliphatic heterocycles. The summed E-state index contributed by atoms with van der Waals surface area (Å²) in [7, 11) is 4.72. The predicted octanol–water partition coefficient (Wildman–Crippen LogP) is 5.90. The quantitative estimate of drug-likeness (QED) is 0.199. The molecule has 0 radical (unpaired) electrons. The average Bonchev–Trinajstić information content (AvgIpc) is 3.24. The van der Waals surface area contributed by atoms with Crippen LogP contribution in [0.5, 0.6) is 11.5 Å². The molecule has 0 fully saturated rings. The highest BCUT2D eigenvalue weighted by atomic mass is 16.7. The van der Waals surface area contributed by atoms with E-state index < -0.39 is 11.2 Å². The summed E-state index contributed by atoms with van der Waals surface area (Å²) in [6.07, 6.45) is 11.2. The summed E-state index contributed by atoms with van der Waals surface area (Å²) in [6, 6.07) is 1.84. The average molecular weight is 505 g/mol. The van der Waals surface area contributed by atoms with Crippen molar-refractivity contribution >= 4 is 17.1 Å². The lowest BCUT2D eigenvalue weighted by atomic mass is 9.55. The van der Waals surface area contributed by atoms with Crippen molar-refractivity contribution < 1.29 is 28.5 Å². The first-order chi connectivity index (χ1) is 17.6. The Morgan fingerprint density at radius 3 is 2.38 bits per heavy atom. The van der Waals surface area contributed by atoms with Crippen LogP contribution in [0.3, 0.4) is 0 Å². The number of ketones is 2. The second kappa shape index (κ2) is 8.81. The number of unbranched alkanes of at least 4 members (excludes halogenated alkanes) is 1. The number of ether oxygens (including phenoxy) is 4. The van der Waals surface area contributed by atoms with Gasteiger partial charge >= 0.3 is 0 Å². The molecule has 0 saturated heterocycles. The standard InChI is InChI=1S/C31H36O6/c1-8-9-15-37-21-16-22(34-5)27-23-19(17-30(27)18(2)11-10-13-29(30,3)4)26-24(28(33)25(21)23)20(32)12-14-31(26,35-6)36-7/h11-12,14,16-17H,8-10,13,15H2,1-7H3/t30-/m1/s1. The highest BCUT2D eigenvalue weighted by Crippen LogP contribution is 2.65. The van der Waals surface area contributed by atoms with Gasteiger partial charge in [-0.25, -0.2) is 0 Å². The van der Waals surface area contributed by atoms with Gasteiger partial charge in [0.05, 0.1) is 24.9 Å². The predicted molar refractivity (Wildman–Crippen MR) is 142 cm³/mol. The number of carbonyl (C=O) groups is 2. The molecule has 1 spiro atoms. The van der Waals surface area contributed by atoms with Gasteiger partial charge in [0.25, 0.3) is 0 Å². The zero-order valence-corrected chi connectivity index (χ0v) is 22.9. The molecule has 0 bridgehead atoms. The maximum atomic E-state index is 14.3. The number of Topliss-reactive ketones (excluding diaryl/α,β-unsaturated/α-hetero) is 1. The third kappa shape index (κ3) is 3.25. The van der Waals surface area contributed by atoms with Crippen LogP contribution in [0, 0.1) is 5.41 Å². The van der Waals surface area contributed by atoms with Gasteiger partial charge in [0, 0.05) is 42.4 Å². The maximum absolute atomic E-state index is 14.3. The molecule has 4 aliphatic carbocycles. The van der Waals surface area contributed by atoms with E-state index in [2.05, 4.69) is 39.8 Å². The van der Waals surface area contributed by atoms with Crippen LogP contribution in [0.1, 0.15) is 74.9 Å². The van der Waals surface area contributed by atoms with Crippen molar-refractivity contribution in [3.8, 4) is 11.5 Å². The van der Waals surface area contributed by atoms with Gasteiger partial charge in [0.2, 0.25) is 11.6 Å². The Hall–Kier alpha value is -2.96. The Balaban J connectivity index is 1.94. The zero-order chi connectivity index (χ0) is 26.8. The van der Waals surface area contributed by atoms with Gasteiger partial charge in [-0.1, -0.05) is 44.9 Å². The van der Waals surface area contributed by atoms with E-state index in [1.807, 2.05) is 6.07 Å². The van der Waals surface area contributed by atoms with E-state index in [-0.39, 0.29) is 22.6 Å². The molecule has 37 heavy (non-hydrogen) atoms. The Morgan fingerprint density at radius 2 is 1.76 bits per heavy atom. The zero-order valence-electron chi connectivity index (χ0n) is 22.9. The molecule has 0 unspecified atom stereocenters. The fourth-order valence-corrected chi connectivity index (χ4v) is 6.81. The van der Waals surface area contributed by atoms with Gasteiger partial charge in [0.15, 0.2) is 5.78 Å². The van der Waals surface area contributed by atoms with Crippen LogP contribution in [0.15, 0.2) is 47.1 Å². The lowest BCUT2D eigenvalue weighted by molar-refractivity contribution is -0.141. The smallest absolute Gasteiger partial charge is 0.216 e. The Kier molecular flexibility index (Phi) is 6.12. The lowest BCUT2D eigenvalue weighted by Crippen LogP contribution is -2.43. The van der Waals surface area contributed by atoms with Crippen LogP contribution in [0.25, 0.3) is 5.57 Å². The Morgan fingerprint density at radius 1 is 1.03 bits per heavy atom. The molecule has 5 rings (SSSR count). The summed E-state index contributed by atoms with van der Waals surface area (Å²) >= 11 is 0. The fraction of sp³-hybridized carbons (Fsp3) is 0.484.